The number of pyridine rings is 2. The number of halogens is 3. The molecule has 3 aromatic heterocycles. The van der Waals surface area contributed by atoms with Crippen LogP contribution in [0.2, 0.25) is 5.02 Å². The van der Waals surface area contributed by atoms with E-state index in [1.54, 1.807) is 41.4 Å². The van der Waals surface area contributed by atoms with Crippen molar-refractivity contribution in [3.63, 3.8) is 0 Å². The van der Waals surface area contributed by atoms with Gasteiger partial charge < -0.3 is 14.4 Å². The molecule has 0 fully saturated rings. The van der Waals surface area contributed by atoms with Crippen LogP contribution >= 0.6 is 11.6 Å². The van der Waals surface area contributed by atoms with E-state index in [0.717, 1.165) is 18.2 Å². The number of imidazole rings is 1. The van der Waals surface area contributed by atoms with Crippen molar-refractivity contribution in [1.29, 1.82) is 0 Å². The van der Waals surface area contributed by atoms with Crippen molar-refractivity contribution in [3.8, 4) is 5.88 Å². The third-order valence-corrected chi connectivity index (χ3v) is 7.66. The fourth-order valence-electron chi connectivity index (χ4n) is 5.13. The van der Waals surface area contributed by atoms with Crippen molar-refractivity contribution in [2.24, 2.45) is 7.05 Å². The molecule has 6 nitrogen and oxygen atoms in total. The first-order valence-electron chi connectivity index (χ1n) is 12.7. The van der Waals surface area contributed by atoms with Gasteiger partial charge in [-0.3, -0.25) is 4.98 Å². The van der Waals surface area contributed by atoms with E-state index in [-0.39, 0.29) is 5.56 Å². The maximum Gasteiger partial charge on any atom is 0.270 e. The van der Waals surface area contributed by atoms with Crippen molar-refractivity contribution in [1.82, 2.24) is 19.5 Å². The van der Waals surface area contributed by atoms with Crippen LogP contribution in [0.15, 0.2) is 67.1 Å². The average Bonchev–Trinajstić information content (AvgIpc) is 3.35. The maximum absolute atomic E-state index is 13.7. The van der Waals surface area contributed by atoms with E-state index >= 15 is 0 Å². The number of aliphatic hydroxyl groups is 1. The van der Waals surface area contributed by atoms with Gasteiger partial charge in [0, 0.05) is 53.9 Å². The molecule has 0 saturated carbocycles. The van der Waals surface area contributed by atoms with Gasteiger partial charge in [-0.1, -0.05) is 48.0 Å². The summed E-state index contributed by atoms with van der Waals surface area (Å²) in [5.41, 5.74) is 3.59. The summed E-state index contributed by atoms with van der Waals surface area (Å²) in [4.78, 5) is 13.5. The van der Waals surface area contributed by atoms with Crippen LogP contribution in [0, 0.1) is 13.8 Å². The maximum atomic E-state index is 13.7. The molecule has 0 aliphatic rings. The highest BCUT2D eigenvalue weighted by Gasteiger charge is 2.38. The lowest BCUT2D eigenvalue weighted by atomic mass is 9.82. The molecule has 0 amide bonds. The van der Waals surface area contributed by atoms with Crippen molar-refractivity contribution in [3.05, 3.63) is 117 Å². The summed E-state index contributed by atoms with van der Waals surface area (Å²) < 4.78 is 34.8. The Balaban J connectivity index is 1.68. The first-order chi connectivity index (χ1) is 18.9. The fraction of sp³-hybridized carbons (Fsp3) is 0.258. The Bertz CT molecular complexity index is 1710. The second-order valence-electron chi connectivity index (χ2n) is 10.1. The van der Waals surface area contributed by atoms with E-state index in [1.807, 2.05) is 39.1 Å². The van der Waals surface area contributed by atoms with Crippen LogP contribution in [0.3, 0.4) is 0 Å². The van der Waals surface area contributed by atoms with E-state index in [2.05, 4.69) is 15.0 Å². The van der Waals surface area contributed by atoms with E-state index < -0.39 is 11.5 Å². The summed E-state index contributed by atoms with van der Waals surface area (Å²) in [6, 6.07) is 15.3. The molecule has 5 rings (SSSR count). The van der Waals surface area contributed by atoms with Crippen LogP contribution in [0.25, 0.3) is 10.9 Å². The molecular formula is C31H29ClF2N4O2. The molecule has 0 aliphatic carbocycles. The summed E-state index contributed by atoms with van der Waals surface area (Å²) in [6.45, 7) is 4.63. The van der Waals surface area contributed by atoms with Crippen LogP contribution < -0.4 is 4.74 Å². The molecule has 5 aromatic rings. The summed E-state index contributed by atoms with van der Waals surface area (Å²) in [5, 5.41) is 13.5. The van der Waals surface area contributed by atoms with Crippen molar-refractivity contribution in [2.75, 3.05) is 7.11 Å². The number of alkyl halides is 2. The highest BCUT2D eigenvalue weighted by atomic mass is 35.5. The second kappa shape index (κ2) is 10.3. The van der Waals surface area contributed by atoms with Gasteiger partial charge >= 0.3 is 0 Å². The van der Waals surface area contributed by atoms with Crippen LogP contribution in [0.1, 0.15) is 51.8 Å². The number of ether oxygens (including phenoxy) is 1. The molecule has 206 valence electrons. The van der Waals surface area contributed by atoms with Gasteiger partial charge in [0.1, 0.15) is 0 Å². The highest BCUT2D eigenvalue weighted by Crippen LogP contribution is 2.41. The van der Waals surface area contributed by atoms with Gasteiger partial charge in [-0.05, 0) is 43.2 Å². The Labute approximate surface area is 236 Å². The number of rotatable bonds is 7. The molecule has 0 radical (unpaired) electrons. The molecule has 3 heterocycles. The molecule has 9 heteroatoms. The Kier molecular flexibility index (Phi) is 7.10. The molecule has 2 aromatic carbocycles. The molecule has 0 spiro atoms. The topological polar surface area (TPSA) is 73.1 Å². The largest absolute Gasteiger partial charge is 0.481 e. The number of hydrogen-bond donors (Lipinski definition) is 1. The van der Waals surface area contributed by atoms with Gasteiger partial charge in [-0.25, -0.2) is 18.7 Å². The lowest BCUT2D eigenvalue weighted by Crippen LogP contribution is -2.32. The smallest absolute Gasteiger partial charge is 0.270 e. The van der Waals surface area contributed by atoms with Crippen LogP contribution in [0.4, 0.5) is 8.78 Å². The van der Waals surface area contributed by atoms with Gasteiger partial charge in [0.15, 0.2) is 5.60 Å². The van der Waals surface area contributed by atoms with Gasteiger partial charge in [-0.15, -0.1) is 0 Å². The number of methoxy groups -OCH3 is 1. The molecule has 1 unspecified atom stereocenters. The van der Waals surface area contributed by atoms with Crippen LogP contribution in [0.5, 0.6) is 5.88 Å². The van der Waals surface area contributed by atoms with Gasteiger partial charge in [0.25, 0.3) is 5.92 Å². The normalized spacial score (nSPS) is 13.4. The first kappa shape index (κ1) is 27.7. The number of aryl methyl sites for hydroxylation is 3. The number of benzene rings is 2. The van der Waals surface area contributed by atoms with E-state index in [4.69, 9.17) is 16.3 Å². The molecule has 0 aliphatic heterocycles. The summed E-state index contributed by atoms with van der Waals surface area (Å²) in [7, 11) is 3.33. The minimum absolute atomic E-state index is 0.0640. The zero-order valence-corrected chi connectivity index (χ0v) is 23.6. The molecule has 40 heavy (non-hydrogen) atoms. The minimum atomic E-state index is -2.93. The lowest BCUT2D eigenvalue weighted by Gasteiger charge is -2.31. The van der Waals surface area contributed by atoms with Crippen molar-refractivity contribution in [2.45, 2.75) is 38.7 Å². The average molecular weight is 563 g/mol. The zero-order chi connectivity index (χ0) is 28.8. The Morgan fingerprint density at radius 2 is 1.70 bits per heavy atom. The van der Waals surface area contributed by atoms with Gasteiger partial charge in [-0.2, -0.15) is 0 Å². The van der Waals surface area contributed by atoms with Crippen molar-refractivity contribution < 1.29 is 18.6 Å². The Morgan fingerprint density at radius 3 is 2.30 bits per heavy atom. The summed E-state index contributed by atoms with van der Waals surface area (Å²) in [5.74, 6) is -2.58. The predicted octanol–water partition coefficient (Wildman–Crippen LogP) is 6.63. The third kappa shape index (κ3) is 4.82. The molecule has 1 N–H and O–H groups in total. The Hall–Kier alpha value is -3.88. The minimum Gasteiger partial charge on any atom is -0.481 e. The van der Waals surface area contributed by atoms with E-state index in [1.165, 1.54) is 19.2 Å². The number of nitrogens with zero attached hydrogens (tertiary/aromatic N) is 4. The third-order valence-electron chi connectivity index (χ3n) is 7.23. The first-order valence-corrected chi connectivity index (χ1v) is 13.1. The second-order valence-corrected chi connectivity index (χ2v) is 10.5. The zero-order valence-electron chi connectivity index (χ0n) is 22.8. The summed E-state index contributed by atoms with van der Waals surface area (Å²) >= 11 is 7.00. The molecule has 0 saturated heterocycles. The number of fused-ring (bicyclic) bond motifs is 1. The van der Waals surface area contributed by atoms with Gasteiger partial charge in [0.05, 0.1) is 35.9 Å². The highest BCUT2D eigenvalue weighted by molar-refractivity contribution is 6.36. The van der Waals surface area contributed by atoms with Crippen LogP contribution in [-0.4, -0.2) is 31.7 Å². The van der Waals surface area contributed by atoms with E-state index in [0.29, 0.717) is 56.3 Å². The number of hydrogen-bond acceptors (Lipinski definition) is 5. The predicted molar refractivity (Wildman–Crippen MR) is 151 cm³/mol. The quantitative estimate of drug-likeness (QED) is 0.241. The summed E-state index contributed by atoms with van der Waals surface area (Å²) in [6.07, 6.45) is 3.58. The monoisotopic (exact) mass is 562 g/mol. The van der Waals surface area contributed by atoms with E-state index in [9.17, 15) is 13.9 Å². The van der Waals surface area contributed by atoms with Crippen LogP contribution in [-0.2, 0) is 25.0 Å². The molecule has 0 bridgehead atoms. The van der Waals surface area contributed by atoms with Crippen molar-refractivity contribution >= 4 is 22.5 Å². The standard InChI is InChI=1S/C31H29ClF2N4O2/c1-18-6-12-25(19(2)36-18)31(39,27-16-35-17-38(27)4)22-11-13-26-23(15-22)28(32)24(29(37-26)40-5)14-20-7-9-21(10-8-20)30(3,33)34/h6-13,15-17,39H,14H2,1-5H3. The molecule has 1 atom stereocenters. The lowest BCUT2D eigenvalue weighted by molar-refractivity contribution is 0.0174. The Morgan fingerprint density at radius 1 is 1.00 bits per heavy atom. The number of aromatic nitrogens is 4. The molecular weight excluding hydrogens is 534 g/mol. The fourth-order valence-corrected chi connectivity index (χ4v) is 5.42. The van der Waals surface area contributed by atoms with Gasteiger partial charge in [0.2, 0.25) is 5.88 Å². The SMILES string of the molecule is COc1nc2ccc(C(O)(c3ccc(C)nc3C)c3cncn3C)cc2c(Cl)c1Cc1ccc(C(C)(F)F)cc1.